The smallest absolute Gasteiger partial charge is 0.261 e. The Morgan fingerprint density at radius 1 is 0.920 bits per heavy atom. The van der Waals surface area contributed by atoms with Gasteiger partial charge in [0.05, 0.1) is 10.6 Å². The number of benzene rings is 3. The summed E-state index contributed by atoms with van der Waals surface area (Å²) in [5.41, 5.74) is 1.55. The van der Waals surface area contributed by atoms with Gasteiger partial charge < -0.3 is 0 Å². The molecule has 0 amide bonds. The summed E-state index contributed by atoms with van der Waals surface area (Å²) in [7, 11) is -3.64. The van der Waals surface area contributed by atoms with Crippen molar-refractivity contribution < 1.29 is 8.42 Å². The summed E-state index contributed by atoms with van der Waals surface area (Å²) in [4.78, 5) is 1.98. The van der Waals surface area contributed by atoms with Crippen molar-refractivity contribution in [2.75, 3.05) is 4.72 Å². The maximum Gasteiger partial charge on any atom is 0.261 e. The Balaban J connectivity index is 1.89. The summed E-state index contributed by atoms with van der Waals surface area (Å²) in [5.74, 6) is 0. The second-order valence-corrected chi connectivity index (χ2v) is 8.71. The molecule has 3 aromatic rings. The molecule has 3 rings (SSSR count). The molecule has 3 nitrogen and oxygen atoms in total. The van der Waals surface area contributed by atoms with E-state index in [1.54, 1.807) is 42.5 Å². The van der Waals surface area contributed by atoms with Crippen LogP contribution in [0.1, 0.15) is 5.56 Å². The van der Waals surface area contributed by atoms with Gasteiger partial charge in [-0.25, -0.2) is 8.42 Å². The summed E-state index contributed by atoms with van der Waals surface area (Å²) in [6, 6.07) is 21.5. The van der Waals surface area contributed by atoms with Crippen LogP contribution in [0.4, 0.5) is 5.69 Å². The average molecular weight is 390 g/mol. The molecular formula is C19H16ClNO2S2. The number of nitrogens with one attached hydrogen (secondary N) is 1. The molecule has 0 bridgehead atoms. The zero-order valence-electron chi connectivity index (χ0n) is 13.4. The van der Waals surface area contributed by atoms with Gasteiger partial charge in [-0.3, -0.25) is 4.72 Å². The number of hydrogen-bond acceptors (Lipinski definition) is 3. The highest BCUT2D eigenvalue weighted by molar-refractivity contribution is 7.99. The maximum atomic E-state index is 12.6. The molecule has 128 valence electrons. The Kier molecular flexibility index (Phi) is 5.37. The van der Waals surface area contributed by atoms with E-state index < -0.39 is 10.0 Å². The van der Waals surface area contributed by atoms with Crippen molar-refractivity contribution in [1.29, 1.82) is 0 Å². The van der Waals surface area contributed by atoms with Crippen LogP contribution < -0.4 is 4.72 Å². The number of aryl methyl sites for hydroxylation is 1. The minimum absolute atomic E-state index is 0.237. The molecule has 1 N–H and O–H groups in total. The van der Waals surface area contributed by atoms with E-state index >= 15 is 0 Å². The predicted molar refractivity (Wildman–Crippen MR) is 104 cm³/mol. The van der Waals surface area contributed by atoms with Crippen LogP contribution in [0.3, 0.4) is 0 Å². The SMILES string of the molecule is Cc1ccc(S(=O)(=O)Nc2ccccc2Sc2cccc(Cl)c2)cc1. The number of anilines is 1. The highest BCUT2D eigenvalue weighted by Crippen LogP contribution is 2.35. The van der Waals surface area contributed by atoms with E-state index in [-0.39, 0.29) is 4.90 Å². The zero-order chi connectivity index (χ0) is 17.9. The van der Waals surface area contributed by atoms with Crippen LogP contribution in [0.25, 0.3) is 0 Å². The number of halogens is 1. The predicted octanol–water partition coefficient (Wildman–Crippen LogP) is 5.60. The monoisotopic (exact) mass is 389 g/mol. The lowest BCUT2D eigenvalue weighted by Gasteiger charge is -2.12. The van der Waals surface area contributed by atoms with Crippen molar-refractivity contribution in [2.45, 2.75) is 21.6 Å². The molecule has 0 fully saturated rings. The van der Waals surface area contributed by atoms with Gasteiger partial charge in [0, 0.05) is 14.8 Å². The van der Waals surface area contributed by atoms with Crippen molar-refractivity contribution in [3.05, 3.63) is 83.4 Å². The molecular weight excluding hydrogens is 374 g/mol. The van der Waals surface area contributed by atoms with Gasteiger partial charge >= 0.3 is 0 Å². The summed E-state index contributed by atoms with van der Waals surface area (Å²) in [5, 5.41) is 0.641. The second-order valence-electron chi connectivity index (χ2n) is 5.47. The summed E-state index contributed by atoms with van der Waals surface area (Å²) in [6.07, 6.45) is 0. The van der Waals surface area contributed by atoms with Crippen molar-refractivity contribution in [2.24, 2.45) is 0 Å². The summed E-state index contributed by atoms with van der Waals surface area (Å²) >= 11 is 7.48. The molecule has 0 heterocycles. The molecule has 25 heavy (non-hydrogen) atoms. The van der Waals surface area contributed by atoms with Crippen LogP contribution in [-0.4, -0.2) is 8.42 Å². The maximum absolute atomic E-state index is 12.6. The van der Waals surface area contributed by atoms with Gasteiger partial charge in [0.25, 0.3) is 10.0 Å². The van der Waals surface area contributed by atoms with E-state index in [4.69, 9.17) is 11.6 Å². The third-order valence-corrected chi connectivity index (χ3v) is 6.17. The van der Waals surface area contributed by atoms with Crippen LogP contribution in [-0.2, 0) is 10.0 Å². The molecule has 6 heteroatoms. The Morgan fingerprint density at radius 2 is 1.64 bits per heavy atom. The highest BCUT2D eigenvalue weighted by Gasteiger charge is 2.16. The van der Waals surface area contributed by atoms with E-state index in [0.29, 0.717) is 10.7 Å². The third kappa shape index (κ3) is 4.57. The van der Waals surface area contributed by atoms with Gasteiger partial charge in [0.2, 0.25) is 0 Å². The zero-order valence-corrected chi connectivity index (χ0v) is 15.8. The molecule has 0 saturated heterocycles. The first-order valence-corrected chi connectivity index (χ1v) is 10.2. The van der Waals surface area contributed by atoms with E-state index in [9.17, 15) is 8.42 Å². The van der Waals surface area contributed by atoms with Crippen molar-refractivity contribution in [3.8, 4) is 0 Å². The van der Waals surface area contributed by atoms with Gasteiger partial charge in [0.15, 0.2) is 0 Å². The lowest BCUT2D eigenvalue weighted by atomic mass is 10.2. The molecule has 0 aromatic heterocycles. The van der Waals surface area contributed by atoms with Crippen molar-refractivity contribution in [1.82, 2.24) is 0 Å². The Bertz CT molecular complexity index is 986. The van der Waals surface area contributed by atoms with Crippen molar-refractivity contribution in [3.63, 3.8) is 0 Å². The minimum atomic E-state index is -3.64. The van der Waals surface area contributed by atoms with Crippen LogP contribution in [0.15, 0.2) is 87.5 Å². The fraction of sp³-hybridized carbons (Fsp3) is 0.0526. The van der Waals surface area contributed by atoms with E-state index in [0.717, 1.165) is 15.4 Å². The number of rotatable bonds is 5. The van der Waals surface area contributed by atoms with Crippen LogP contribution in [0, 0.1) is 6.92 Å². The molecule has 0 unspecified atom stereocenters. The van der Waals surface area contributed by atoms with Crippen LogP contribution >= 0.6 is 23.4 Å². The first-order valence-electron chi connectivity index (χ1n) is 7.56. The van der Waals surface area contributed by atoms with Gasteiger partial charge in [-0.2, -0.15) is 0 Å². The lowest BCUT2D eigenvalue weighted by molar-refractivity contribution is 0.601. The summed E-state index contributed by atoms with van der Waals surface area (Å²) < 4.78 is 27.9. The van der Waals surface area contributed by atoms with Crippen molar-refractivity contribution >= 4 is 39.1 Å². The molecule has 0 aliphatic carbocycles. The molecule has 0 spiro atoms. The standard InChI is InChI=1S/C19H16ClNO2S2/c1-14-9-11-17(12-10-14)25(22,23)21-18-7-2-3-8-19(18)24-16-6-4-5-15(20)13-16/h2-13,21H,1H3. The van der Waals surface area contributed by atoms with E-state index in [1.807, 2.05) is 37.3 Å². The number of hydrogen-bond donors (Lipinski definition) is 1. The van der Waals surface area contributed by atoms with Crippen LogP contribution in [0.2, 0.25) is 5.02 Å². The average Bonchev–Trinajstić information content (AvgIpc) is 2.57. The van der Waals surface area contributed by atoms with E-state index in [1.165, 1.54) is 11.8 Å². The second kappa shape index (κ2) is 7.52. The van der Waals surface area contributed by atoms with E-state index in [2.05, 4.69) is 4.72 Å². The topological polar surface area (TPSA) is 46.2 Å². The third-order valence-electron chi connectivity index (χ3n) is 3.49. The molecule has 3 aromatic carbocycles. The normalized spacial score (nSPS) is 11.3. The first kappa shape index (κ1) is 17.9. The molecule has 0 atom stereocenters. The molecule has 0 aliphatic rings. The summed E-state index contributed by atoms with van der Waals surface area (Å²) in [6.45, 7) is 1.92. The first-order chi connectivity index (χ1) is 11.9. The Labute approximate surface area is 157 Å². The lowest BCUT2D eigenvalue weighted by Crippen LogP contribution is -2.13. The van der Waals surface area contributed by atoms with Gasteiger partial charge in [0.1, 0.15) is 0 Å². The number of para-hydroxylation sites is 1. The molecule has 0 radical (unpaired) electrons. The fourth-order valence-electron chi connectivity index (χ4n) is 2.22. The molecule has 0 aliphatic heterocycles. The Morgan fingerprint density at radius 3 is 2.36 bits per heavy atom. The van der Waals surface area contributed by atoms with Crippen LogP contribution in [0.5, 0.6) is 0 Å². The highest BCUT2D eigenvalue weighted by atomic mass is 35.5. The quantitative estimate of drug-likeness (QED) is 0.617. The van der Waals surface area contributed by atoms with Gasteiger partial charge in [-0.1, -0.05) is 59.3 Å². The largest absolute Gasteiger partial charge is 0.278 e. The molecule has 0 saturated carbocycles. The Hall–Kier alpha value is -1.95. The minimum Gasteiger partial charge on any atom is -0.278 e. The number of sulfonamides is 1. The fourth-order valence-corrected chi connectivity index (χ4v) is 4.58. The van der Waals surface area contributed by atoms with Gasteiger partial charge in [-0.05, 0) is 49.4 Å². The van der Waals surface area contributed by atoms with Gasteiger partial charge in [-0.15, -0.1) is 0 Å².